The van der Waals surface area contributed by atoms with E-state index in [9.17, 15) is 4.79 Å². The number of urea groups is 1. The molecule has 78 valence electrons. The van der Waals surface area contributed by atoms with Gasteiger partial charge in [0.15, 0.2) is 0 Å². The molecule has 15 heavy (non-hydrogen) atoms. The Kier molecular flexibility index (Phi) is 2.53. The van der Waals surface area contributed by atoms with E-state index in [1.807, 2.05) is 25.1 Å². The van der Waals surface area contributed by atoms with Gasteiger partial charge in [-0.1, -0.05) is 0 Å². The van der Waals surface area contributed by atoms with Gasteiger partial charge in [-0.25, -0.2) is 4.79 Å². The molecule has 0 fully saturated rings. The highest BCUT2D eigenvalue weighted by Gasteiger charge is 2.01. The maximum absolute atomic E-state index is 11.2. The number of fused-ring (bicyclic) bond motifs is 1. The molecule has 2 amide bonds. The molecule has 0 spiro atoms. The summed E-state index contributed by atoms with van der Waals surface area (Å²) < 4.78 is 0. The van der Waals surface area contributed by atoms with Crippen molar-refractivity contribution in [3.05, 3.63) is 24.4 Å². The fourth-order valence-corrected chi connectivity index (χ4v) is 1.35. The number of rotatable bonds is 2. The number of anilines is 1. The first-order chi connectivity index (χ1) is 7.29. The van der Waals surface area contributed by atoms with Crippen LogP contribution in [0.5, 0.6) is 0 Å². The van der Waals surface area contributed by atoms with Crippen LogP contribution in [0, 0.1) is 0 Å². The van der Waals surface area contributed by atoms with E-state index in [0.717, 1.165) is 16.6 Å². The van der Waals surface area contributed by atoms with Crippen LogP contribution in [0.1, 0.15) is 6.92 Å². The summed E-state index contributed by atoms with van der Waals surface area (Å²) in [6, 6.07) is 5.39. The first-order valence-corrected chi connectivity index (χ1v) is 4.77. The lowest BCUT2D eigenvalue weighted by atomic mass is 10.2. The van der Waals surface area contributed by atoms with Gasteiger partial charge in [0.2, 0.25) is 0 Å². The molecular weight excluding hydrogens is 192 g/mol. The lowest BCUT2D eigenvalue weighted by molar-refractivity contribution is 0.252. The van der Waals surface area contributed by atoms with E-state index < -0.39 is 0 Å². The normalized spacial score (nSPS) is 10.2. The quantitative estimate of drug-likeness (QED) is 0.696. The number of benzene rings is 1. The molecule has 0 atom stereocenters. The molecule has 0 saturated carbocycles. The molecular formula is C10H12N4O. The molecule has 5 heteroatoms. The second-order valence-corrected chi connectivity index (χ2v) is 3.16. The highest BCUT2D eigenvalue weighted by Crippen LogP contribution is 2.16. The predicted octanol–water partition coefficient (Wildman–Crippen LogP) is 1.70. The first kappa shape index (κ1) is 9.51. The molecule has 0 aliphatic heterocycles. The summed E-state index contributed by atoms with van der Waals surface area (Å²) in [6.45, 7) is 2.48. The molecule has 1 aromatic carbocycles. The molecule has 0 aliphatic carbocycles. The molecule has 1 aromatic heterocycles. The second kappa shape index (κ2) is 4.00. The average molecular weight is 204 g/mol. The Labute approximate surface area is 86.9 Å². The summed E-state index contributed by atoms with van der Waals surface area (Å²) >= 11 is 0. The van der Waals surface area contributed by atoms with Crippen LogP contribution in [0.3, 0.4) is 0 Å². The number of nitrogens with one attached hydrogen (secondary N) is 3. The SMILES string of the molecule is CCNC(=O)Nc1ccc2cn[nH]c2c1. The van der Waals surface area contributed by atoms with Gasteiger partial charge in [-0.15, -0.1) is 0 Å². The van der Waals surface area contributed by atoms with Gasteiger partial charge in [-0.2, -0.15) is 5.10 Å². The number of hydrogen-bond donors (Lipinski definition) is 3. The van der Waals surface area contributed by atoms with E-state index in [1.165, 1.54) is 0 Å². The van der Waals surface area contributed by atoms with Crippen molar-refractivity contribution in [1.29, 1.82) is 0 Å². The van der Waals surface area contributed by atoms with Gasteiger partial charge in [0.25, 0.3) is 0 Å². The maximum Gasteiger partial charge on any atom is 0.319 e. The van der Waals surface area contributed by atoms with Crippen LogP contribution in [-0.2, 0) is 0 Å². The highest BCUT2D eigenvalue weighted by atomic mass is 16.2. The summed E-state index contributed by atoms with van der Waals surface area (Å²) in [5, 5.41) is 13.2. The molecule has 0 aliphatic rings. The number of carbonyl (C=O) groups is 1. The van der Waals surface area contributed by atoms with Crippen LogP contribution < -0.4 is 10.6 Å². The van der Waals surface area contributed by atoms with Crippen molar-refractivity contribution in [3.8, 4) is 0 Å². The summed E-state index contributed by atoms with van der Waals surface area (Å²) in [4.78, 5) is 11.2. The van der Waals surface area contributed by atoms with E-state index in [2.05, 4.69) is 20.8 Å². The Morgan fingerprint density at radius 3 is 3.20 bits per heavy atom. The number of H-pyrrole nitrogens is 1. The van der Waals surface area contributed by atoms with Crippen molar-refractivity contribution >= 4 is 22.6 Å². The van der Waals surface area contributed by atoms with Gasteiger partial charge in [0.1, 0.15) is 0 Å². The third-order valence-electron chi connectivity index (χ3n) is 2.04. The van der Waals surface area contributed by atoms with Crippen molar-refractivity contribution in [2.75, 3.05) is 11.9 Å². The van der Waals surface area contributed by atoms with Crippen molar-refractivity contribution in [1.82, 2.24) is 15.5 Å². The molecule has 1 heterocycles. The minimum Gasteiger partial charge on any atom is -0.338 e. The Morgan fingerprint density at radius 1 is 1.53 bits per heavy atom. The Hall–Kier alpha value is -2.04. The molecule has 0 unspecified atom stereocenters. The summed E-state index contributed by atoms with van der Waals surface area (Å²) in [7, 11) is 0. The topological polar surface area (TPSA) is 69.8 Å². The number of hydrogen-bond acceptors (Lipinski definition) is 2. The fourth-order valence-electron chi connectivity index (χ4n) is 1.35. The van der Waals surface area contributed by atoms with Crippen molar-refractivity contribution in [2.45, 2.75) is 6.92 Å². The number of aromatic nitrogens is 2. The average Bonchev–Trinajstić information content (AvgIpc) is 2.65. The van der Waals surface area contributed by atoms with Gasteiger partial charge in [-0.3, -0.25) is 5.10 Å². The molecule has 2 rings (SSSR count). The van der Waals surface area contributed by atoms with Gasteiger partial charge in [0, 0.05) is 17.6 Å². The molecule has 0 radical (unpaired) electrons. The van der Waals surface area contributed by atoms with Crippen LogP contribution in [-0.4, -0.2) is 22.8 Å². The predicted molar refractivity (Wildman–Crippen MR) is 58.8 cm³/mol. The monoisotopic (exact) mass is 204 g/mol. The minimum absolute atomic E-state index is 0.198. The van der Waals surface area contributed by atoms with Crippen LogP contribution in [0.15, 0.2) is 24.4 Å². The van der Waals surface area contributed by atoms with E-state index in [1.54, 1.807) is 6.20 Å². The fraction of sp³-hybridized carbons (Fsp3) is 0.200. The standard InChI is InChI=1S/C10H12N4O/c1-2-11-10(15)13-8-4-3-7-6-12-14-9(7)5-8/h3-6H,2H2,1H3,(H,12,14)(H2,11,13,15). The highest BCUT2D eigenvalue weighted by molar-refractivity contribution is 5.92. The first-order valence-electron chi connectivity index (χ1n) is 4.77. The smallest absolute Gasteiger partial charge is 0.319 e. The summed E-state index contributed by atoms with van der Waals surface area (Å²) in [5.41, 5.74) is 1.65. The zero-order valence-corrected chi connectivity index (χ0v) is 8.37. The molecule has 0 saturated heterocycles. The van der Waals surface area contributed by atoms with Gasteiger partial charge in [-0.05, 0) is 25.1 Å². The number of nitrogens with zero attached hydrogens (tertiary/aromatic N) is 1. The molecule has 2 aromatic rings. The lowest BCUT2D eigenvalue weighted by Crippen LogP contribution is -2.28. The van der Waals surface area contributed by atoms with Crippen LogP contribution >= 0.6 is 0 Å². The number of carbonyl (C=O) groups excluding carboxylic acids is 1. The lowest BCUT2D eigenvalue weighted by Gasteiger charge is -2.05. The minimum atomic E-state index is -0.198. The van der Waals surface area contributed by atoms with E-state index in [-0.39, 0.29) is 6.03 Å². The zero-order chi connectivity index (χ0) is 10.7. The Morgan fingerprint density at radius 2 is 2.40 bits per heavy atom. The number of aromatic amines is 1. The largest absolute Gasteiger partial charge is 0.338 e. The molecule has 3 N–H and O–H groups in total. The van der Waals surface area contributed by atoms with Gasteiger partial charge < -0.3 is 10.6 Å². The molecule has 0 bridgehead atoms. The Balaban J connectivity index is 2.17. The van der Waals surface area contributed by atoms with E-state index in [0.29, 0.717) is 6.54 Å². The van der Waals surface area contributed by atoms with Crippen LogP contribution in [0.2, 0.25) is 0 Å². The van der Waals surface area contributed by atoms with Crippen molar-refractivity contribution in [3.63, 3.8) is 0 Å². The van der Waals surface area contributed by atoms with Gasteiger partial charge in [0.05, 0.1) is 11.7 Å². The van der Waals surface area contributed by atoms with E-state index in [4.69, 9.17) is 0 Å². The summed E-state index contributed by atoms with van der Waals surface area (Å²) in [6.07, 6.45) is 1.74. The van der Waals surface area contributed by atoms with E-state index >= 15 is 0 Å². The van der Waals surface area contributed by atoms with Crippen LogP contribution in [0.4, 0.5) is 10.5 Å². The maximum atomic E-state index is 11.2. The van der Waals surface area contributed by atoms with Crippen molar-refractivity contribution in [2.24, 2.45) is 0 Å². The second-order valence-electron chi connectivity index (χ2n) is 3.16. The molecule has 5 nitrogen and oxygen atoms in total. The van der Waals surface area contributed by atoms with Gasteiger partial charge >= 0.3 is 6.03 Å². The summed E-state index contributed by atoms with van der Waals surface area (Å²) in [5.74, 6) is 0. The van der Waals surface area contributed by atoms with Crippen LogP contribution in [0.25, 0.3) is 10.9 Å². The zero-order valence-electron chi connectivity index (χ0n) is 8.37. The third-order valence-corrected chi connectivity index (χ3v) is 2.04. The Bertz CT molecular complexity index is 477. The number of amides is 2. The third kappa shape index (κ3) is 2.07. The van der Waals surface area contributed by atoms with Crippen molar-refractivity contribution < 1.29 is 4.79 Å².